The number of hydrogen-bond donors (Lipinski definition) is 1. The van der Waals surface area contributed by atoms with E-state index in [0.717, 1.165) is 24.8 Å². The van der Waals surface area contributed by atoms with Gasteiger partial charge in [-0.05, 0) is 29.9 Å². The van der Waals surface area contributed by atoms with Crippen molar-refractivity contribution in [3.63, 3.8) is 0 Å². The third kappa shape index (κ3) is 3.95. The number of rotatable bonds is 4. The molecular formula is C12H18Cl2N4. The van der Waals surface area contributed by atoms with E-state index in [1.165, 1.54) is 25.7 Å². The molecule has 1 aromatic rings. The molecule has 100 valence electrons. The highest BCUT2D eigenvalue weighted by molar-refractivity contribution is 6.32. The Kier molecular flexibility index (Phi) is 5.01. The normalized spacial score (nSPS) is 23.9. The second-order valence-electron chi connectivity index (χ2n) is 5.06. The van der Waals surface area contributed by atoms with Crippen molar-refractivity contribution in [2.45, 2.75) is 39.0 Å². The molecule has 4 nitrogen and oxygen atoms in total. The minimum Gasteiger partial charge on any atom is -0.367 e. The number of hydrogen-bond acceptors (Lipinski definition) is 4. The minimum absolute atomic E-state index is 0.119. The first-order valence-corrected chi connectivity index (χ1v) is 7.20. The lowest BCUT2D eigenvalue weighted by Crippen LogP contribution is -2.16. The van der Waals surface area contributed by atoms with E-state index < -0.39 is 0 Å². The standard InChI is InChI=1S/C12H18Cl2N4/c1-8-2-4-9(5-3-8)6-7-15-11-10(13)17-18-12(14)16-11/h8-9H,2-7H2,1H3,(H,15,16,18). The average molecular weight is 289 g/mol. The van der Waals surface area contributed by atoms with Crippen molar-refractivity contribution in [3.05, 3.63) is 10.4 Å². The largest absolute Gasteiger partial charge is 0.367 e. The fourth-order valence-electron chi connectivity index (χ4n) is 2.42. The SMILES string of the molecule is CC1CCC(CCNc2nc(Cl)nnc2Cl)CC1. The predicted molar refractivity (Wildman–Crippen MR) is 74.1 cm³/mol. The lowest BCUT2D eigenvalue weighted by atomic mass is 9.81. The summed E-state index contributed by atoms with van der Waals surface area (Å²) in [6.45, 7) is 3.19. The van der Waals surface area contributed by atoms with E-state index in [4.69, 9.17) is 23.2 Å². The van der Waals surface area contributed by atoms with Gasteiger partial charge in [-0.1, -0.05) is 44.2 Å². The van der Waals surface area contributed by atoms with Gasteiger partial charge in [-0.3, -0.25) is 0 Å². The second-order valence-corrected chi connectivity index (χ2v) is 5.76. The van der Waals surface area contributed by atoms with Gasteiger partial charge in [0.15, 0.2) is 11.0 Å². The summed E-state index contributed by atoms with van der Waals surface area (Å²) in [6.07, 6.45) is 6.52. The van der Waals surface area contributed by atoms with Gasteiger partial charge >= 0.3 is 0 Å². The van der Waals surface area contributed by atoms with Crippen molar-refractivity contribution in [2.24, 2.45) is 11.8 Å². The summed E-state index contributed by atoms with van der Waals surface area (Å²) in [6, 6.07) is 0. The molecule has 6 heteroatoms. The number of halogens is 2. The molecule has 1 saturated carbocycles. The molecule has 0 bridgehead atoms. The smallest absolute Gasteiger partial charge is 0.245 e. The Bertz CT molecular complexity index is 392. The highest BCUT2D eigenvalue weighted by Crippen LogP contribution is 2.30. The maximum atomic E-state index is 5.88. The first-order valence-electron chi connectivity index (χ1n) is 6.44. The van der Waals surface area contributed by atoms with Gasteiger partial charge in [-0.25, -0.2) is 0 Å². The predicted octanol–water partition coefficient (Wildman–Crippen LogP) is 3.81. The van der Waals surface area contributed by atoms with E-state index in [1.54, 1.807) is 0 Å². The van der Waals surface area contributed by atoms with Crippen LogP contribution in [0.1, 0.15) is 39.0 Å². The number of nitrogens with zero attached hydrogens (tertiary/aromatic N) is 3. The molecule has 1 N–H and O–H groups in total. The number of aromatic nitrogens is 3. The summed E-state index contributed by atoms with van der Waals surface area (Å²) in [5, 5.41) is 10.9. The zero-order valence-electron chi connectivity index (χ0n) is 10.5. The third-order valence-corrected chi connectivity index (χ3v) is 4.01. The maximum Gasteiger partial charge on any atom is 0.245 e. The Labute approximate surface area is 117 Å². The summed E-state index contributed by atoms with van der Waals surface area (Å²) in [4.78, 5) is 4.02. The molecule has 1 aliphatic carbocycles. The van der Waals surface area contributed by atoms with E-state index in [2.05, 4.69) is 27.4 Å². The lowest BCUT2D eigenvalue weighted by molar-refractivity contribution is 0.282. The van der Waals surface area contributed by atoms with Crippen LogP contribution in [-0.4, -0.2) is 21.7 Å². The van der Waals surface area contributed by atoms with Crippen LogP contribution >= 0.6 is 23.2 Å². The van der Waals surface area contributed by atoms with Crippen molar-refractivity contribution in [3.8, 4) is 0 Å². The maximum absolute atomic E-state index is 5.88. The Morgan fingerprint density at radius 2 is 1.89 bits per heavy atom. The Morgan fingerprint density at radius 3 is 2.61 bits per heavy atom. The van der Waals surface area contributed by atoms with E-state index in [9.17, 15) is 0 Å². The molecule has 0 spiro atoms. The molecule has 0 aliphatic heterocycles. The van der Waals surface area contributed by atoms with E-state index >= 15 is 0 Å². The summed E-state index contributed by atoms with van der Waals surface area (Å²) >= 11 is 11.6. The average Bonchev–Trinajstić information content (AvgIpc) is 2.36. The molecule has 18 heavy (non-hydrogen) atoms. The summed E-state index contributed by atoms with van der Waals surface area (Å²) in [5.74, 6) is 2.24. The Hall–Kier alpha value is -0.610. The van der Waals surface area contributed by atoms with Gasteiger partial charge in [-0.2, -0.15) is 4.98 Å². The topological polar surface area (TPSA) is 50.7 Å². The van der Waals surface area contributed by atoms with E-state index in [0.29, 0.717) is 5.82 Å². The van der Waals surface area contributed by atoms with Crippen molar-refractivity contribution < 1.29 is 0 Å². The molecule has 1 aromatic heterocycles. The van der Waals surface area contributed by atoms with Crippen molar-refractivity contribution >= 4 is 29.0 Å². The first kappa shape index (κ1) is 13.8. The summed E-state index contributed by atoms with van der Waals surface area (Å²) in [5.41, 5.74) is 0. The lowest BCUT2D eigenvalue weighted by Gasteiger charge is -2.26. The Morgan fingerprint density at radius 1 is 1.17 bits per heavy atom. The monoisotopic (exact) mass is 288 g/mol. The van der Waals surface area contributed by atoms with Gasteiger partial charge in [-0.15, -0.1) is 10.2 Å². The molecular weight excluding hydrogens is 271 g/mol. The zero-order valence-corrected chi connectivity index (χ0v) is 12.0. The van der Waals surface area contributed by atoms with Crippen LogP contribution in [0.4, 0.5) is 5.82 Å². The molecule has 0 radical (unpaired) electrons. The molecule has 2 rings (SSSR count). The van der Waals surface area contributed by atoms with Crippen LogP contribution in [0.25, 0.3) is 0 Å². The Balaban J connectivity index is 1.76. The number of anilines is 1. The molecule has 0 amide bonds. The molecule has 0 atom stereocenters. The van der Waals surface area contributed by atoms with Crippen LogP contribution in [0.15, 0.2) is 0 Å². The van der Waals surface area contributed by atoms with Crippen molar-refractivity contribution in [1.82, 2.24) is 15.2 Å². The van der Waals surface area contributed by atoms with E-state index in [1.807, 2.05) is 0 Å². The zero-order chi connectivity index (χ0) is 13.0. The van der Waals surface area contributed by atoms with Crippen LogP contribution in [0.5, 0.6) is 0 Å². The second kappa shape index (κ2) is 6.53. The van der Waals surface area contributed by atoms with Crippen LogP contribution in [0.2, 0.25) is 10.4 Å². The number of nitrogens with one attached hydrogen (secondary N) is 1. The molecule has 0 saturated heterocycles. The fourth-order valence-corrected chi connectivity index (χ4v) is 2.69. The first-order chi connectivity index (χ1) is 8.65. The quantitative estimate of drug-likeness (QED) is 0.915. The molecule has 0 unspecified atom stereocenters. The van der Waals surface area contributed by atoms with Crippen LogP contribution in [0.3, 0.4) is 0 Å². The van der Waals surface area contributed by atoms with Gasteiger partial charge in [0.25, 0.3) is 0 Å². The third-order valence-electron chi connectivity index (χ3n) is 3.60. The van der Waals surface area contributed by atoms with Gasteiger partial charge in [0.2, 0.25) is 5.28 Å². The van der Waals surface area contributed by atoms with Gasteiger partial charge in [0.05, 0.1) is 0 Å². The van der Waals surface area contributed by atoms with Crippen molar-refractivity contribution in [2.75, 3.05) is 11.9 Å². The van der Waals surface area contributed by atoms with Crippen LogP contribution in [-0.2, 0) is 0 Å². The van der Waals surface area contributed by atoms with Gasteiger partial charge in [0.1, 0.15) is 0 Å². The fraction of sp³-hybridized carbons (Fsp3) is 0.750. The van der Waals surface area contributed by atoms with E-state index in [-0.39, 0.29) is 10.4 Å². The highest BCUT2D eigenvalue weighted by Gasteiger charge is 2.17. The molecule has 1 heterocycles. The summed E-state index contributed by atoms with van der Waals surface area (Å²) in [7, 11) is 0. The molecule has 1 fully saturated rings. The summed E-state index contributed by atoms with van der Waals surface area (Å²) < 4.78 is 0. The molecule has 0 aromatic carbocycles. The van der Waals surface area contributed by atoms with Gasteiger partial charge in [0, 0.05) is 6.54 Å². The highest BCUT2D eigenvalue weighted by atomic mass is 35.5. The van der Waals surface area contributed by atoms with Gasteiger partial charge < -0.3 is 5.32 Å². The molecule has 1 aliphatic rings. The minimum atomic E-state index is 0.119. The van der Waals surface area contributed by atoms with Crippen molar-refractivity contribution in [1.29, 1.82) is 0 Å². The van der Waals surface area contributed by atoms with Crippen LogP contribution < -0.4 is 5.32 Å². The van der Waals surface area contributed by atoms with Crippen LogP contribution in [0, 0.1) is 11.8 Å².